The van der Waals surface area contributed by atoms with Crippen molar-refractivity contribution in [1.29, 1.82) is 0 Å². The maximum Gasteiger partial charge on any atom is 0.225 e. The van der Waals surface area contributed by atoms with Gasteiger partial charge in [0.2, 0.25) is 5.91 Å². The van der Waals surface area contributed by atoms with Gasteiger partial charge >= 0.3 is 0 Å². The van der Waals surface area contributed by atoms with Gasteiger partial charge in [0.15, 0.2) is 0 Å². The standard InChI is InChI=1S/C18H20ClN3O/c1-13(23)21-10-5-11-22-17(21)12-16(20-22)18(8-4-9-18)14-6-2-3-7-15(14)19/h2-3,6-7,12H,4-5,8-11H2,1H3. The van der Waals surface area contributed by atoms with Crippen molar-refractivity contribution in [2.75, 3.05) is 11.4 Å². The smallest absolute Gasteiger partial charge is 0.225 e. The number of aryl methyl sites for hydroxylation is 1. The summed E-state index contributed by atoms with van der Waals surface area (Å²) in [6, 6.07) is 10.2. The molecule has 1 saturated carbocycles. The van der Waals surface area contributed by atoms with Gasteiger partial charge in [0.05, 0.1) is 5.69 Å². The molecule has 0 spiro atoms. The Morgan fingerprint density at radius 2 is 2.00 bits per heavy atom. The van der Waals surface area contributed by atoms with Crippen molar-refractivity contribution in [3.63, 3.8) is 0 Å². The molecular formula is C18H20ClN3O. The minimum Gasteiger partial charge on any atom is -0.297 e. The minimum atomic E-state index is -0.0921. The molecule has 1 aromatic heterocycles. The van der Waals surface area contributed by atoms with Gasteiger partial charge in [-0.05, 0) is 30.9 Å². The van der Waals surface area contributed by atoms with Crippen LogP contribution in [0.25, 0.3) is 0 Å². The molecule has 1 aliphatic heterocycles. The number of carbonyl (C=O) groups excluding carboxylic acids is 1. The van der Waals surface area contributed by atoms with Gasteiger partial charge in [-0.1, -0.05) is 36.2 Å². The van der Waals surface area contributed by atoms with E-state index in [0.29, 0.717) is 0 Å². The molecule has 120 valence electrons. The van der Waals surface area contributed by atoms with Gasteiger partial charge in [-0.25, -0.2) is 4.68 Å². The molecule has 1 fully saturated rings. The number of aromatic nitrogens is 2. The first-order valence-electron chi connectivity index (χ1n) is 8.23. The molecule has 4 rings (SSSR count). The van der Waals surface area contributed by atoms with Crippen LogP contribution in [0.2, 0.25) is 5.02 Å². The van der Waals surface area contributed by atoms with E-state index in [4.69, 9.17) is 16.7 Å². The Morgan fingerprint density at radius 3 is 2.65 bits per heavy atom. The summed E-state index contributed by atoms with van der Waals surface area (Å²) in [4.78, 5) is 13.7. The van der Waals surface area contributed by atoms with Crippen molar-refractivity contribution in [3.05, 3.63) is 46.6 Å². The van der Waals surface area contributed by atoms with E-state index in [0.717, 1.165) is 54.4 Å². The molecule has 2 heterocycles. The lowest BCUT2D eigenvalue weighted by Gasteiger charge is -2.41. The Morgan fingerprint density at radius 1 is 1.22 bits per heavy atom. The maximum absolute atomic E-state index is 11.9. The summed E-state index contributed by atoms with van der Waals surface area (Å²) in [7, 11) is 0. The van der Waals surface area contributed by atoms with Crippen LogP contribution < -0.4 is 4.90 Å². The highest BCUT2D eigenvalue weighted by molar-refractivity contribution is 6.31. The van der Waals surface area contributed by atoms with Gasteiger partial charge in [0.1, 0.15) is 5.82 Å². The zero-order valence-electron chi connectivity index (χ0n) is 13.3. The van der Waals surface area contributed by atoms with Gasteiger partial charge in [-0.15, -0.1) is 0 Å². The Hall–Kier alpha value is -1.81. The first kappa shape index (κ1) is 14.8. The van der Waals surface area contributed by atoms with E-state index >= 15 is 0 Å². The number of hydrogen-bond donors (Lipinski definition) is 0. The zero-order valence-corrected chi connectivity index (χ0v) is 14.0. The summed E-state index contributed by atoms with van der Waals surface area (Å²) in [6.07, 6.45) is 4.26. The van der Waals surface area contributed by atoms with Crippen molar-refractivity contribution < 1.29 is 4.79 Å². The van der Waals surface area contributed by atoms with Crippen LogP contribution in [0, 0.1) is 0 Å². The number of amides is 1. The molecule has 0 saturated heterocycles. The van der Waals surface area contributed by atoms with Crippen molar-refractivity contribution in [3.8, 4) is 0 Å². The van der Waals surface area contributed by atoms with Crippen molar-refractivity contribution in [2.24, 2.45) is 0 Å². The lowest BCUT2D eigenvalue weighted by Crippen LogP contribution is -2.36. The van der Waals surface area contributed by atoms with Crippen LogP contribution in [0.4, 0.5) is 5.82 Å². The number of hydrogen-bond acceptors (Lipinski definition) is 2. The number of fused-ring (bicyclic) bond motifs is 1. The molecule has 0 bridgehead atoms. The Bertz CT molecular complexity index is 763. The number of halogens is 1. The fraction of sp³-hybridized carbons (Fsp3) is 0.444. The molecule has 0 radical (unpaired) electrons. The summed E-state index contributed by atoms with van der Waals surface area (Å²) < 4.78 is 1.98. The van der Waals surface area contributed by atoms with Crippen LogP contribution in [0.15, 0.2) is 30.3 Å². The third-order valence-electron chi connectivity index (χ3n) is 5.25. The molecule has 4 nitrogen and oxygen atoms in total. The van der Waals surface area contributed by atoms with Gasteiger partial charge < -0.3 is 0 Å². The molecule has 0 atom stereocenters. The average Bonchev–Trinajstić information content (AvgIpc) is 2.91. The first-order valence-corrected chi connectivity index (χ1v) is 8.61. The fourth-order valence-corrected chi connectivity index (χ4v) is 4.19. The Labute approximate surface area is 141 Å². The van der Waals surface area contributed by atoms with Crippen LogP contribution in [-0.2, 0) is 16.8 Å². The van der Waals surface area contributed by atoms with Crippen molar-refractivity contribution in [1.82, 2.24) is 9.78 Å². The predicted octanol–water partition coefficient (Wildman–Crippen LogP) is 3.76. The average molecular weight is 330 g/mol. The molecule has 1 aromatic carbocycles. The highest BCUT2D eigenvalue weighted by Gasteiger charge is 2.44. The summed E-state index contributed by atoms with van der Waals surface area (Å²) in [6.45, 7) is 3.27. The van der Waals surface area contributed by atoms with E-state index in [-0.39, 0.29) is 11.3 Å². The third-order valence-corrected chi connectivity index (χ3v) is 5.58. The SMILES string of the molecule is CC(=O)N1CCCn2nc(C3(c4ccccc4Cl)CCC3)cc21. The highest BCUT2D eigenvalue weighted by atomic mass is 35.5. The summed E-state index contributed by atoms with van der Waals surface area (Å²) in [5.41, 5.74) is 2.13. The summed E-state index contributed by atoms with van der Waals surface area (Å²) in [5, 5.41) is 5.67. The second-order valence-corrected chi connectivity index (χ2v) is 6.96. The third kappa shape index (κ3) is 2.19. The monoisotopic (exact) mass is 329 g/mol. The van der Waals surface area contributed by atoms with Crippen LogP contribution in [-0.4, -0.2) is 22.2 Å². The van der Waals surface area contributed by atoms with Crippen LogP contribution in [0.3, 0.4) is 0 Å². The quantitative estimate of drug-likeness (QED) is 0.841. The Balaban J connectivity index is 1.81. The number of benzene rings is 1. The van der Waals surface area contributed by atoms with E-state index < -0.39 is 0 Å². The van der Waals surface area contributed by atoms with Gasteiger partial charge in [-0.3, -0.25) is 9.69 Å². The van der Waals surface area contributed by atoms with Gasteiger partial charge in [-0.2, -0.15) is 5.10 Å². The molecule has 5 heteroatoms. The highest BCUT2D eigenvalue weighted by Crippen LogP contribution is 2.51. The van der Waals surface area contributed by atoms with E-state index in [1.54, 1.807) is 6.92 Å². The van der Waals surface area contributed by atoms with Crippen LogP contribution in [0.1, 0.15) is 43.9 Å². The van der Waals surface area contributed by atoms with Gasteiger partial charge in [0, 0.05) is 36.5 Å². The second kappa shape index (κ2) is 5.38. The topological polar surface area (TPSA) is 38.1 Å². The second-order valence-electron chi connectivity index (χ2n) is 6.55. The summed E-state index contributed by atoms with van der Waals surface area (Å²) in [5.74, 6) is 1.01. The molecule has 1 amide bonds. The van der Waals surface area contributed by atoms with E-state index in [2.05, 4.69) is 12.1 Å². The first-order chi connectivity index (χ1) is 11.1. The van der Waals surface area contributed by atoms with E-state index in [9.17, 15) is 4.79 Å². The predicted molar refractivity (Wildman–Crippen MR) is 91.0 cm³/mol. The lowest BCUT2D eigenvalue weighted by molar-refractivity contribution is -0.116. The fourth-order valence-electron chi connectivity index (χ4n) is 3.88. The molecule has 23 heavy (non-hydrogen) atoms. The Kier molecular flexibility index (Phi) is 3.45. The van der Waals surface area contributed by atoms with E-state index in [1.807, 2.05) is 27.8 Å². The zero-order chi connectivity index (χ0) is 16.0. The number of rotatable bonds is 2. The number of nitrogens with zero attached hydrogens (tertiary/aromatic N) is 3. The van der Waals surface area contributed by atoms with Crippen LogP contribution >= 0.6 is 11.6 Å². The van der Waals surface area contributed by atoms with E-state index in [1.165, 1.54) is 6.42 Å². The molecule has 2 aliphatic rings. The molecule has 2 aromatic rings. The van der Waals surface area contributed by atoms with Crippen molar-refractivity contribution >= 4 is 23.3 Å². The van der Waals surface area contributed by atoms with Gasteiger partial charge in [0.25, 0.3) is 0 Å². The number of carbonyl (C=O) groups is 1. The molecule has 1 aliphatic carbocycles. The maximum atomic E-state index is 11.9. The summed E-state index contributed by atoms with van der Waals surface area (Å²) >= 11 is 6.48. The van der Waals surface area contributed by atoms with Crippen molar-refractivity contribution in [2.45, 2.75) is 44.6 Å². The largest absolute Gasteiger partial charge is 0.297 e. The lowest BCUT2D eigenvalue weighted by atomic mass is 9.62. The minimum absolute atomic E-state index is 0.0813. The molecule has 0 N–H and O–H groups in total. The molecular weight excluding hydrogens is 310 g/mol. The molecule has 0 unspecified atom stereocenters. The normalized spacial score (nSPS) is 19.1. The number of anilines is 1. The van der Waals surface area contributed by atoms with Crippen LogP contribution in [0.5, 0.6) is 0 Å².